The van der Waals surface area contributed by atoms with Crippen molar-refractivity contribution in [1.29, 1.82) is 5.26 Å². The largest absolute Gasteiger partial charge is 0.495 e. The van der Waals surface area contributed by atoms with Crippen molar-refractivity contribution < 1.29 is 13.9 Å². The molecule has 0 aliphatic rings. The van der Waals surface area contributed by atoms with Crippen molar-refractivity contribution in [3.8, 4) is 11.8 Å². The molecular formula is C15H14N2O3. The van der Waals surface area contributed by atoms with E-state index < -0.39 is 0 Å². The van der Waals surface area contributed by atoms with Gasteiger partial charge in [-0.15, -0.1) is 0 Å². The van der Waals surface area contributed by atoms with Crippen molar-refractivity contribution in [3.63, 3.8) is 0 Å². The molecule has 0 aliphatic carbocycles. The molecule has 0 spiro atoms. The Balaban J connectivity index is 2.05. The average Bonchev–Trinajstić information content (AvgIpc) is 2.98. The van der Waals surface area contributed by atoms with Gasteiger partial charge in [-0.25, -0.2) is 0 Å². The lowest BCUT2D eigenvalue weighted by atomic mass is 10.1. The van der Waals surface area contributed by atoms with Gasteiger partial charge in [0.15, 0.2) is 0 Å². The molecule has 1 amide bonds. The van der Waals surface area contributed by atoms with Crippen LogP contribution in [0.4, 0.5) is 5.69 Å². The summed E-state index contributed by atoms with van der Waals surface area (Å²) in [6.07, 6.45) is 2.35. The van der Waals surface area contributed by atoms with E-state index in [-0.39, 0.29) is 12.3 Å². The molecule has 1 N–H and O–H groups in total. The number of nitrogens with zero attached hydrogens (tertiary/aromatic N) is 1. The Morgan fingerprint density at radius 1 is 1.40 bits per heavy atom. The van der Waals surface area contributed by atoms with Crippen LogP contribution in [0.2, 0.25) is 0 Å². The molecule has 2 aromatic rings. The second-order valence-corrected chi connectivity index (χ2v) is 4.12. The Morgan fingerprint density at radius 2 is 2.25 bits per heavy atom. The molecule has 0 radical (unpaired) electrons. The fourth-order valence-corrected chi connectivity index (χ4v) is 1.82. The summed E-state index contributed by atoms with van der Waals surface area (Å²) in [5.41, 5.74) is 0.776. The van der Waals surface area contributed by atoms with Crippen molar-refractivity contribution in [2.45, 2.75) is 12.8 Å². The van der Waals surface area contributed by atoms with Crippen LogP contribution in [0.1, 0.15) is 17.7 Å². The van der Waals surface area contributed by atoms with Crippen LogP contribution in [0.25, 0.3) is 0 Å². The molecule has 1 heterocycles. The van der Waals surface area contributed by atoms with Crippen LogP contribution >= 0.6 is 0 Å². The van der Waals surface area contributed by atoms with Crippen LogP contribution in [-0.4, -0.2) is 13.0 Å². The predicted molar refractivity (Wildman–Crippen MR) is 73.4 cm³/mol. The highest BCUT2D eigenvalue weighted by atomic mass is 16.5. The first-order chi connectivity index (χ1) is 9.74. The van der Waals surface area contributed by atoms with Crippen LogP contribution in [0, 0.1) is 11.3 Å². The predicted octanol–water partition coefficient (Wildman–Crippen LogP) is 2.73. The van der Waals surface area contributed by atoms with Crippen molar-refractivity contribution in [2.75, 3.05) is 12.4 Å². The first kappa shape index (κ1) is 13.7. The van der Waals surface area contributed by atoms with Crippen molar-refractivity contribution in [2.24, 2.45) is 0 Å². The molecule has 1 aromatic carbocycles. The summed E-state index contributed by atoms with van der Waals surface area (Å²) in [5.74, 6) is 1.03. The number of ether oxygens (including phenoxy) is 1. The van der Waals surface area contributed by atoms with Gasteiger partial charge in [-0.3, -0.25) is 4.79 Å². The number of hydrogen-bond donors (Lipinski definition) is 1. The Kier molecular flexibility index (Phi) is 4.40. The van der Waals surface area contributed by atoms with E-state index in [1.807, 2.05) is 12.1 Å². The van der Waals surface area contributed by atoms with Crippen LogP contribution in [0.15, 0.2) is 41.0 Å². The van der Waals surface area contributed by atoms with Gasteiger partial charge in [0.1, 0.15) is 23.3 Å². The molecule has 0 saturated carbocycles. The number of anilines is 1. The minimum atomic E-state index is -0.192. The highest BCUT2D eigenvalue weighted by Gasteiger charge is 2.12. The number of aryl methyl sites for hydroxylation is 1. The fourth-order valence-electron chi connectivity index (χ4n) is 1.82. The second kappa shape index (κ2) is 6.43. The molecule has 1 aromatic heterocycles. The van der Waals surface area contributed by atoms with E-state index in [9.17, 15) is 4.79 Å². The summed E-state index contributed by atoms with van der Waals surface area (Å²) >= 11 is 0. The van der Waals surface area contributed by atoms with E-state index in [1.165, 1.54) is 7.11 Å². The summed E-state index contributed by atoms with van der Waals surface area (Å²) in [5, 5.41) is 11.8. The SMILES string of the molecule is COc1cccc(C#N)c1NC(=O)CCc1ccco1. The van der Waals surface area contributed by atoms with E-state index in [2.05, 4.69) is 5.32 Å². The lowest BCUT2D eigenvalue weighted by molar-refractivity contribution is -0.116. The van der Waals surface area contributed by atoms with Crippen molar-refractivity contribution >= 4 is 11.6 Å². The van der Waals surface area contributed by atoms with E-state index in [0.717, 1.165) is 5.76 Å². The van der Waals surface area contributed by atoms with Crippen LogP contribution in [0.3, 0.4) is 0 Å². The summed E-state index contributed by atoms with van der Waals surface area (Å²) in [6.45, 7) is 0. The van der Waals surface area contributed by atoms with E-state index in [4.69, 9.17) is 14.4 Å². The highest BCUT2D eigenvalue weighted by Crippen LogP contribution is 2.27. The summed E-state index contributed by atoms with van der Waals surface area (Å²) in [6, 6.07) is 10.7. The molecule has 5 nitrogen and oxygen atoms in total. The Morgan fingerprint density at radius 3 is 2.90 bits per heavy atom. The monoisotopic (exact) mass is 270 g/mol. The van der Waals surface area contributed by atoms with Crippen LogP contribution in [0.5, 0.6) is 5.75 Å². The summed E-state index contributed by atoms with van der Waals surface area (Å²) < 4.78 is 10.3. The standard InChI is InChI=1S/C15H14N2O3/c1-19-13-6-2-4-11(10-16)15(13)17-14(18)8-7-12-5-3-9-20-12/h2-6,9H,7-8H2,1H3,(H,17,18). The maximum Gasteiger partial charge on any atom is 0.224 e. The number of methoxy groups -OCH3 is 1. The van der Waals surface area contributed by atoms with Gasteiger partial charge in [-0.05, 0) is 24.3 Å². The van der Waals surface area contributed by atoms with Gasteiger partial charge in [-0.1, -0.05) is 6.07 Å². The van der Waals surface area contributed by atoms with Crippen molar-refractivity contribution in [1.82, 2.24) is 0 Å². The zero-order valence-corrected chi connectivity index (χ0v) is 11.1. The summed E-state index contributed by atoms with van der Waals surface area (Å²) in [4.78, 5) is 11.9. The first-order valence-corrected chi connectivity index (χ1v) is 6.14. The zero-order valence-electron chi connectivity index (χ0n) is 11.1. The maximum absolute atomic E-state index is 11.9. The number of carbonyl (C=O) groups excluding carboxylic acids is 1. The number of para-hydroxylation sites is 1. The lowest BCUT2D eigenvalue weighted by Crippen LogP contribution is -2.14. The number of rotatable bonds is 5. The molecule has 0 bridgehead atoms. The number of carbonyl (C=O) groups is 1. The molecule has 0 unspecified atom stereocenters. The van der Waals surface area contributed by atoms with Crippen LogP contribution < -0.4 is 10.1 Å². The van der Waals surface area contributed by atoms with Crippen molar-refractivity contribution in [3.05, 3.63) is 47.9 Å². The third kappa shape index (κ3) is 3.18. The Bertz CT molecular complexity index is 627. The van der Waals surface area contributed by atoms with Gasteiger partial charge in [-0.2, -0.15) is 5.26 Å². The van der Waals surface area contributed by atoms with E-state index >= 15 is 0 Å². The lowest BCUT2D eigenvalue weighted by Gasteiger charge is -2.11. The van der Waals surface area contributed by atoms with Gasteiger partial charge in [0.25, 0.3) is 0 Å². The van der Waals surface area contributed by atoms with E-state index in [1.54, 1.807) is 30.5 Å². The van der Waals surface area contributed by atoms with Gasteiger partial charge in [0.05, 0.1) is 18.9 Å². The third-order valence-electron chi connectivity index (χ3n) is 2.81. The van der Waals surface area contributed by atoms with Crippen LogP contribution in [-0.2, 0) is 11.2 Å². The molecule has 5 heteroatoms. The quantitative estimate of drug-likeness (QED) is 0.906. The molecular weight excluding hydrogens is 256 g/mol. The molecule has 102 valence electrons. The molecule has 0 aliphatic heterocycles. The number of benzene rings is 1. The molecule has 0 saturated heterocycles. The van der Waals surface area contributed by atoms with Gasteiger partial charge in [0, 0.05) is 12.8 Å². The first-order valence-electron chi connectivity index (χ1n) is 6.14. The zero-order chi connectivity index (χ0) is 14.4. The minimum Gasteiger partial charge on any atom is -0.495 e. The second-order valence-electron chi connectivity index (χ2n) is 4.12. The number of furan rings is 1. The normalized spacial score (nSPS) is 9.80. The Hall–Kier alpha value is -2.74. The van der Waals surface area contributed by atoms with Gasteiger partial charge >= 0.3 is 0 Å². The van der Waals surface area contributed by atoms with Gasteiger partial charge in [0.2, 0.25) is 5.91 Å². The molecule has 2 rings (SSSR count). The molecule has 0 atom stereocenters. The fraction of sp³-hybridized carbons (Fsp3) is 0.200. The minimum absolute atomic E-state index is 0.192. The Labute approximate surface area is 116 Å². The number of nitrogens with one attached hydrogen (secondary N) is 1. The summed E-state index contributed by atoms with van der Waals surface area (Å²) in [7, 11) is 1.50. The highest BCUT2D eigenvalue weighted by molar-refractivity contribution is 5.94. The molecule has 0 fully saturated rings. The number of hydrogen-bond acceptors (Lipinski definition) is 4. The number of nitriles is 1. The molecule has 20 heavy (non-hydrogen) atoms. The number of amides is 1. The maximum atomic E-state index is 11.9. The van der Waals surface area contributed by atoms with E-state index in [0.29, 0.717) is 23.4 Å². The topological polar surface area (TPSA) is 75.3 Å². The smallest absolute Gasteiger partial charge is 0.224 e. The third-order valence-corrected chi connectivity index (χ3v) is 2.81. The average molecular weight is 270 g/mol. The van der Waals surface area contributed by atoms with Gasteiger partial charge < -0.3 is 14.5 Å².